The van der Waals surface area contributed by atoms with Gasteiger partial charge in [0.05, 0.1) is 9.50 Å². The summed E-state index contributed by atoms with van der Waals surface area (Å²) in [5.41, 5.74) is 1.92. The second-order valence-corrected chi connectivity index (χ2v) is 6.75. The quantitative estimate of drug-likeness (QED) is 0.502. The highest BCUT2D eigenvalue weighted by molar-refractivity contribution is 9.10. The van der Waals surface area contributed by atoms with Gasteiger partial charge in [-0.05, 0) is 64.3 Å². The van der Waals surface area contributed by atoms with Gasteiger partial charge in [0.15, 0.2) is 12.4 Å². The number of anilines is 1. The molecule has 2 N–H and O–H groups in total. The Morgan fingerprint density at radius 3 is 2.70 bits per heavy atom. The molecule has 0 fully saturated rings. The molecule has 0 aliphatic carbocycles. The van der Waals surface area contributed by atoms with Crippen LogP contribution >= 0.6 is 27.5 Å². The predicted molar refractivity (Wildman–Crippen MR) is 106 cm³/mol. The highest BCUT2D eigenvalue weighted by atomic mass is 79.9. The Hall–Kier alpha value is -2.82. The van der Waals surface area contributed by atoms with Crippen LogP contribution < -0.4 is 10.1 Å². The van der Waals surface area contributed by atoms with E-state index >= 15 is 0 Å². The smallest absolute Gasteiger partial charge is 0.341 e. The van der Waals surface area contributed by atoms with Crippen LogP contribution in [0.4, 0.5) is 5.69 Å². The second kappa shape index (κ2) is 9.21. The van der Waals surface area contributed by atoms with Crippen LogP contribution in [0.2, 0.25) is 5.02 Å². The van der Waals surface area contributed by atoms with Gasteiger partial charge in [0.25, 0.3) is 5.91 Å². The molecule has 2 aromatic rings. The lowest BCUT2D eigenvalue weighted by atomic mass is 10.1. The number of benzene rings is 2. The first-order valence-electron chi connectivity index (χ1n) is 7.63. The van der Waals surface area contributed by atoms with Crippen LogP contribution in [0.3, 0.4) is 0 Å². The maximum atomic E-state index is 12.3. The van der Waals surface area contributed by atoms with E-state index in [9.17, 15) is 14.9 Å². The number of rotatable bonds is 6. The fraction of sp³-hybridized carbons (Fsp3) is 0.105. The van der Waals surface area contributed by atoms with Crippen molar-refractivity contribution in [3.8, 4) is 11.8 Å². The highest BCUT2D eigenvalue weighted by Crippen LogP contribution is 2.35. The van der Waals surface area contributed by atoms with Gasteiger partial charge in [-0.15, -0.1) is 0 Å². The molecule has 2 aromatic carbocycles. The number of halogens is 2. The Labute approximate surface area is 169 Å². The summed E-state index contributed by atoms with van der Waals surface area (Å²) in [7, 11) is 0. The van der Waals surface area contributed by atoms with Gasteiger partial charge in [0, 0.05) is 5.69 Å². The number of carbonyl (C=O) groups excluding carboxylic acids is 1. The molecule has 8 heteroatoms. The standard InChI is InChI=1S/C19H14BrClN2O4/c1-11-3-2-4-14(5-11)23-19(26)13(9-22)6-12-7-15(20)18(16(21)8-12)27-10-17(24)25/h2-8H,10H2,1H3,(H,23,26)(H,24,25)/b13-6-. The van der Waals surface area contributed by atoms with E-state index in [2.05, 4.69) is 21.2 Å². The molecule has 0 heterocycles. The summed E-state index contributed by atoms with van der Waals surface area (Å²) in [6.07, 6.45) is 1.38. The van der Waals surface area contributed by atoms with Crippen molar-refractivity contribution in [1.82, 2.24) is 0 Å². The molecule has 27 heavy (non-hydrogen) atoms. The van der Waals surface area contributed by atoms with Crippen LogP contribution in [-0.4, -0.2) is 23.6 Å². The number of carboxylic acids is 1. The normalized spacial score (nSPS) is 10.8. The van der Waals surface area contributed by atoms with E-state index in [0.717, 1.165) is 5.56 Å². The number of aryl methyl sites for hydroxylation is 1. The van der Waals surface area contributed by atoms with Crippen LogP contribution in [0.1, 0.15) is 11.1 Å². The fourth-order valence-corrected chi connectivity index (χ4v) is 3.16. The minimum Gasteiger partial charge on any atom is -0.479 e. The maximum absolute atomic E-state index is 12.3. The van der Waals surface area contributed by atoms with Crippen molar-refractivity contribution in [2.45, 2.75) is 6.92 Å². The van der Waals surface area contributed by atoms with Gasteiger partial charge in [-0.1, -0.05) is 23.7 Å². The van der Waals surface area contributed by atoms with Crippen LogP contribution in [0, 0.1) is 18.3 Å². The minimum atomic E-state index is -1.14. The van der Waals surface area contributed by atoms with Crippen molar-refractivity contribution in [2.75, 3.05) is 11.9 Å². The fourth-order valence-electron chi connectivity index (χ4n) is 2.17. The average Bonchev–Trinajstić information content (AvgIpc) is 2.58. The van der Waals surface area contributed by atoms with E-state index in [1.54, 1.807) is 24.3 Å². The van der Waals surface area contributed by atoms with Gasteiger partial charge in [-0.25, -0.2) is 4.79 Å². The van der Waals surface area contributed by atoms with Crippen LogP contribution in [-0.2, 0) is 9.59 Å². The molecular formula is C19H14BrClN2O4. The van der Waals surface area contributed by atoms with Crippen molar-refractivity contribution in [1.29, 1.82) is 5.26 Å². The van der Waals surface area contributed by atoms with Gasteiger partial charge in [0.1, 0.15) is 11.6 Å². The second-order valence-electron chi connectivity index (χ2n) is 5.49. The number of nitrogens with zero attached hydrogens (tertiary/aromatic N) is 1. The van der Waals surface area contributed by atoms with Crippen LogP contribution in [0.5, 0.6) is 5.75 Å². The largest absolute Gasteiger partial charge is 0.479 e. The summed E-state index contributed by atoms with van der Waals surface area (Å²) >= 11 is 9.35. The average molecular weight is 450 g/mol. The molecule has 6 nitrogen and oxygen atoms in total. The summed E-state index contributed by atoms with van der Waals surface area (Å²) in [5, 5.41) is 20.8. The number of carboxylic acid groups (broad SMARTS) is 1. The number of nitriles is 1. The first-order valence-corrected chi connectivity index (χ1v) is 8.80. The van der Waals surface area contributed by atoms with Crippen molar-refractivity contribution < 1.29 is 19.4 Å². The minimum absolute atomic E-state index is 0.112. The summed E-state index contributed by atoms with van der Waals surface area (Å²) in [6, 6.07) is 12.1. The van der Waals surface area contributed by atoms with Crippen molar-refractivity contribution >= 4 is 51.2 Å². The lowest BCUT2D eigenvalue weighted by Crippen LogP contribution is -2.13. The SMILES string of the molecule is Cc1cccc(NC(=O)/C(C#N)=C\c2cc(Cl)c(OCC(=O)O)c(Br)c2)c1. The molecule has 1 amide bonds. The molecule has 2 rings (SSSR count). The van der Waals surface area contributed by atoms with Gasteiger partial charge < -0.3 is 15.2 Å². The zero-order valence-electron chi connectivity index (χ0n) is 14.1. The molecule has 0 spiro atoms. The number of ether oxygens (including phenoxy) is 1. The summed E-state index contributed by atoms with van der Waals surface area (Å²) in [4.78, 5) is 23.0. The van der Waals surface area contributed by atoms with Crippen LogP contribution in [0.15, 0.2) is 46.4 Å². The number of nitrogens with one attached hydrogen (secondary N) is 1. The molecule has 0 saturated heterocycles. The molecule has 138 valence electrons. The lowest BCUT2D eigenvalue weighted by Gasteiger charge is -2.09. The van der Waals surface area contributed by atoms with E-state index in [1.807, 2.05) is 19.1 Å². The van der Waals surface area contributed by atoms with Crippen molar-refractivity contribution in [2.24, 2.45) is 0 Å². The summed E-state index contributed by atoms with van der Waals surface area (Å²) < 4.78 is 5.51. The molecule has 0 bridgehead atoms. The van der Waals surface area contributed by atoms with Crippen molar-refractivity contribution in [3.63, 3.8) is 0 Å². The molecule has 0 aromatic heterocycles. The first-order chi connectivity index (χ1) is 12.8. The number of hydrogen-bond donors (Lipinski definition) is 2. The van der Waals surface area contributed by atoms with E-state index in [4.69, 9.17) is 21.4 Å². The molecule has 0 radical (unpaired) electrons. The molecule has 0 aliphatic heterocycles. The molecular weight excluding hydrogens is 436 g/mol. The van der Waals surface area contributed by atoms with Crippen LogP contribution in [0.25, 0.3) is 6.08 Å². The topological polar surface area (TPSA) is 99.4 Å². The third-order valence-corrected chi connectivity index (χ3v) is 4.18. The summed E-state index contributed by atoms with van der Waals surface area (Å²) in [6.45, 7) is 1.35. The molecule has 0 atom stereocenters. The Kier molecular flexibility index (Phi) is 6.99. The number of carbonyl (C=O) groups is 2. The Bertz CT molecular complexity index is 943. The van der Waals surface area contributed by atoms with Crippen molar-refractivity contribution in [3.05, 3.63) is 62.6 Å². The Balaban J connectivity index is 2.25. The zero-order chi connectivity index (χ0) is 20.0. The molecule has 0 unspecified atom stereocenters. The Morgan fingerprint density at radius 1 is 1.37 bits per heavy atom. The zero-order valence-corrected chi connectivity index (χ0v) is 16.5. The highest BCUT2D eigenvalue weighted by Gasteiger charge is 2.13. The lowest BCUT2D eigenvalue weighted by molar-refractivity contribution is -0.139. The van der Waals surface area contributed by atoms with Gasteiger partial charge in [0.2, 0.25) is 0 Å². The number of amides is 1. The van der Waals surface area contributed by atoms with Gasteiger partial charge in [-0.3, -0.25) is 4.79 Å². The monoisotopic (exact) mass is 448 g/mol. The van der Waals surface area contributed by atoms with E-state index in [-0.39, 0.29) is 16.3 Å². The van der Waals surface area contributed by atoms with E-state index in [1.165, 1.54) is 12.1 Å². The summed E-state index contributed by atoms with van der Waals surface area (Å²) in [5.74, 6) is -1.53. The number of hydrogen-bond acceptors (Lipinski definition) is 4. The van der Waals surface area contributed by atoms with E-state index < -0.39 is 18.5 Å². The predicted octanol–water partition coefficient (Wildman–Crippen LogP) is 4.42. The maximum Gasteiger partial charge on any atom is 0.341 e. The first kappa shape index (κ1) is 20.5. The third kappa shape index (κ3) is 5.84. The third-order valence-electron chi connectivity index (χ3n) is 3.31. The molecule has 0 aliphatic rings. The Morgan fingerprint density at radius 2 is 2.11 bits per heavy atom. The van der Waals surface area contributed by atoms with Gasteiger partial charge >= 0.3 is 5.97 Å². The van der Waals surface area contributed by atoms with Gasteiger partial charge in [-0.2, -0.15) is 5.26 Å². The molecule has 0 saturated carbocycles. The van der Waals surface area contributed by atoms with E-state index in [0.29, 0.717) is 15.7 Å². The number of aliphatic carboxylic acids is 1.